The van der Waals surface area contributed by atoms with Crippen LogP contribution in [0.15, 0.2) is 52.4 Å². The first-order valence-electron chi connectivity index (χ1n) is 9.55. The third kappa shape index (κ3) is 3.92. The number of imidazole rings is 1. The molecular formula is C20H24N4O4S. The van der Waals surface area contributed by atoms with Crippen LogP contribution in [0.5, 0.6) is 5.75 Å². The fraction of sp³-hybridized carbons (Fsp3) is 0.400. The Bertz CT molecular complexity index is 1090. The molecular weight excluding hydrogens is 392 g/mol. The molecule has 0 saturated carbocycles. The fourth-order valence-electron chi connectivity index (χ4n) is 3.68. The Morgan fingerprint density at radius 2 is 2.07 bits per heavy atom. The molecule has 0 amide bonds. The van der Waals surface area contributed by atoms with E-state index in [0.717, 1.165) is 24.2 Å². The van der Waals surface area contributed by atoms with Gasteiger partial charge in [-0.2, -0.15) is 4.31 Å². The monoisotopic (exact) mass is 416 g/mol. The number of aryl methyl sites for hydroxylation is 1. The number of aromatic nitrogens is 3. The van der Waals surface area contributed by atoms with Crippen LogP contribution in [-0.4, -0.2) is 40.9 Å². The first-order chi connectivity index (χ1) is 14.0. The van der Waals surface area contributed by atoms with E-state index in [9.17, 15) is 8.42 Å². The molecule has 1 aliphatic rings. The number of sulfonamides is 1. The Hall–Kier alpha value is -2.65. The maximum absolute atomic E-state index is 13.1. The molecule has 4 rings (SSSR count). The van der Waals surface area contributed by atoms with E-state index in [0.29, 0.717) is 31.0 Å². The van der Waals surface area contributed by atoms with Gasteiger partial charge < -0.3 is 13.7 Å². The molecule has 0 spiro atoms. The van der Waals surface area contributed by atoms with E-state index in [1.807, 2.05) is 24.3 Å². The van der Waals surface area contributed by atoms with Gasteiger partial charge in [-0.3, -0.25) is 0 Å². The fourth-order valence-corrected chi connectivity index (χ4v) is 5.30. The number of ether oxygens (including phenoxy) is 1. The lowest BCUT2D eigenvalue weighted by Gasteiger charge is -2.31. The molecule has 29 heavy (non-hydrogen) atoms. The lowest BCUT2D eigenvalue weighted by atomic mass is 10.1. The van der Waals surface area contributed by atoms with Gasteiger partial charge in [0.2, 0.25) is 5.89 Å². The minimum atomic E-state index is -3.72. The molecule has 0 unspecified atom stereocenters. The van der Waals surface area contributed by atoms with Crippen LogP contribution in [0, 0.1) is 0 Å². The van der Waals surface area contributed by atoms with Gasteiger partial charge in [0.1, 0.15) is 17.6 Å². The van der Waals surface area contributed by atoms with Gasteiger partial charge in [-0.25, -0.2) is 18.4 Å². The van der Waals surface area contributed by atoms with Gasteiger partial charge in [-0.15, -0.1) is 0 Å². The van der Waals surface area contributed by atoms with Gasteiger partial charge >= 0.3 is 0 Å². The van der Waals surface area contributed by atoms with Crippen molar-refractivity contribution in [2.24, 2.45) is 7.05 Å². The van der Waals surface area contributed by atoms with Crippen LogP contribution >= 0.6 is 0 Å². The predicted molar refractivity (Wildman–Crippen MR) is 106 cm³/mol. The van der Waals surface area contributed by atoms with Crippen molar-refractivity contribution in [3.05, 3.63) is 60.2 Å². The number of piperidine rings is 1. The number of nitrogens with zero attached hydrogens (tertiary/aromatic N) is 4. The number of methoxy groups -OCH3 is 1. The Morgan fingerprint density at radius 3 is 2.83 bits per heavy atom. The molecule has 2 aromatic heterocycles. The van der Waals surface area contributed by atoms with Crippen molar-refractivity contribution >= 4 is 10.0 Å². The molecule has 1 atom stereocenters. The Balaban J connectivity index is 1.60. The largest absolute Gasteiger partial charge is 0.496 e. The van der Waals surface area contributed by atoms with Crippen molar-refractivity contribution in [3.63, 3.8) is 0 Å². The van der Waals surface area contributed by atoms with Gasteiger partial charge in [-0.05, 0) is 18.9 Å². The summed E-state index contributed by atoms with van der Waals surface area (Å²) in [5, 5.41) is 0.0488. The summed E-state index contributed by atoms with van der Waals surface area (Å²) in [7, 11) is -0.338. The van der Waals surface area contributed by atoms with Gasteiger partial charge in [-0.1, -0.05) is 24.6 Å². The van der Waals surface area contributed by atoms with Crippen molar-refractivity contribution in [1.82, 2.24) is 18.8 Å². The summed E-state index contributed by atoms with van der Waals surface area (Å²) in [6, 6.07) is 7.30. The van der Waals surface area contributed by atoms with Crippen LogP contribution in [-0.2, 0) is 23.5 Å². The highest BCUT2D eigenvalue weighted by Gasteiger charge is 2.38. The van der Waals surface area contributed by atoms with E-state index in [1.165, 1.54) is 16.8 Å². The van der Waals surface area contributed by atoms with E-state index in [-0.39, 0.29) is 5.03 Å². The zero-order valence-corrected chi connectivity index (χ0v) is 17.3. The topological polar surface area (TPSA) is 90.5 Å². The summed E-state index contributed by atoms with van der Waals surface area (Å²) >= 11 is 0. The molecule has 0 radical (unpaired) electrons. The molecule has 1 fully saturated rings. The van der Waals surface area contributed by atoms with Gasteiger partial charge in [0, 0.05) is 31.8 Å². The maximum Gasteiger partial charge on any atom is 0.262 e. The Morgan fingerprint density at radius 1 is 1.24 bits per heavy atom. The second-order valence-corrected chi connectivity index (χ2v) is 9.00. The molecule has 0 N–H and O–H groups in total. The van der Waals surface area contributed by atoms with Crippen molar-refractivity contribution in [3.8, 4) is 5.75 Å². The van der Waals surface area contributed by atoms with Crippen LogP contribution in [0.1, 0.15) is 42.5 Å². The number of oxazole rings is 1. The van der Waals surface area contributed by atoms with Crippen LogP contribution in [0.25, 0.3) is 0 Å². The summed E-state index contributed by atoms with van der Waals surface area (Å²) < 4.78 is 40.7. The van der Waals surface area contributed by atoms with E-state index in [1.54, 1.807) is 24.9 Å². The maximum atomic E-state index is 13.1. The quantitative estimate of drug-likeness (QED) is 0.614. The van der Waals surface area contributed by atoms with Crippen molar-refractivity contribution < 1.29 is 17.6 Å². The predicted octanol–water partition coefficient (Wildman–Crippen LogP) is 2.92. The highest BCUT2D eigenvalue weighted by Crippen LogP contribution is 2.35. The number of rotatable bonds is 6. The number of para-hydroxylation sites is 1. The Labute approximate surface area is 170 Å². The Kier molecular flexibility index (Phi) is 5.42. The summed E-state index contributed by atoms with van der Waals surface area (Å²) in [6.07, 6.45) is 7.59. The summed E-state index contributed by atoms with van der Waals surface area (Å²) in [5.74, 6) is 1.88. The average Bonchev–Trinajstić information content (AvgIpc) is 3.38. The molecule has 3 heterocycles. The molecule has 0 bridgehead atoms. The third-order valence-corrected chi connectivity index (χ3v) is 6.92. The van der Waals surface area contributed by atoms with Crippen molar-refractivity contribution in [2.45, 2.75) is 36.8 Å². The molecule has 154 valence electrons. The van der Waals surface area contributed by atoms with E-state index >= 15 is 0 Å². The number of hydrogen-bond acceptors (Lipinski definition) is 6. The lowest BCUT2D eigenvalue weighted by molar-refractivity contribution is 0.216. The zero-order valence-electron chi connectivity index (χ0n) is 16.5. The number of hydrogen-bond donors (Lipinski definition) is 0. The molecule has 9 heteroatoms. The smallest absolute Gasteiger partial charge is 0.262 e. The SMILES string of the molecule is COc1ccccc1Cc1cnc([C@H]2CCCCN2S(=O)(=O)c2cn(C)cn2)o1. The number of benzene rings is 1. The highest BCUT2D eigenvalue weighted by molar-refractivity contribution is 7.89. The van der Waals surface area contributed by atoms with Crippen LogP contribution < -0.4 is 4.74 Å². The molecule has 0 aliphatic carbocycles. The van der Waals surface area contributed by atoms with Gasteiger partial charge in [0.15, 0.2) is 5.03 Å². The normalized spacial score (nSPS) is 18.1. The van der Waals surface area contributed by atoms with Crippen LogP contribution in [0.3, 0.4) is 0 Å². The standard InChI is InChI=1S/C20H24N4O4S/c1-23-13-19(22-14-23)29(25,26)24-10-6-5-8-17(24)20-21-12-16(28-20)11-15-7-3-4-9-18(15)27-2/h3-4,7,9,12-14,17H,5-6,8,10-11H2,1-2H3/t17-/m1/s1. The minimum Gasteiger partial charge on any atom is -0.496 e. The van der Waals surface area contributed by atoms with E-state index in [4.69, 9.17) is 9.15 Å². The highest BCUT2D eigenvalue weighted by atomic mass is 32.2. The minimum absolute atomic E-state index is 0.0488. The third-order valence-electron chi connectivity index (χ3n) is 5.12. The first-order valence-corrected chi connectivity index (χ1v) is 11.0. The van der Waals surface area contributed by atoms with Crippen LogP contribution in [0.4, 0.5) is 0 Å². The summed E-state index contributed by atoms with van der Waals surface area (Å²) in [4.78, 5) is 8.45. The molecule has 1 aliphatic heterocycles. The molecule has 3 aromatic rings. The van der Waals surface area contributed by atoms with Gasteiger partial charge in [0.05, 0.1) is 19.6 Å². The second kappa shape index (κ2) is 8.00. The second-order valence-electron chi connectivity index (χ2n) is 7.16. The first kappa shape index (κ1) is 19.7. The average molecular weight is 417 g/mol. The van der Waals surface area contributed by atoms with Crippen molar-refractivity contribution in [2.75, 3.05) is 13.7 Å². The summed E-state index contributed by atoms with van der Waals surface area (Å²) in [5.41, 5.74) is 0.985. The molecule has 1 saturated heterocycles. The molecule has 8 nitrogen and oxygen atoms in total. The van der Waals surface area contributed by atoms with Gasteiger partial charge in [0.25, 0.3) is 10.0 Å². The van der Waals surface area contributed by atoms with Crippen molar-refractivity contribution in [1.29, 1.82) is 0 Å². The molecule has 1 aromatic carbocycles. The van der Waals surface area contributed by atoms with E-state index in [2.05, 4.69) is 9.97 Å². The van der Waals surface area contributed by atoms with E-state index < -0.39 is 16.1 Å². The van der Waals surface area contributed by atoms with Crippen LogP contribution in [0.2, 0.25) is 0 Å². The zero-order chi connectivity index (χ0) is 20.4. The lowest BCUT2D eigenvalue weighted by Crippen LogP contribution is -2.38. The summed E-state index contributed by atoms with van der Waals surface area (Å²) in [6.45, 7) is 0.424.